The number of hydrogen-bond donors (Lipinski definition) is 2. The predicted octanol–water partition coefficient (Wildman–Crippen LogP) is 5.38. The van der Waals surface area contributed by atoms with Crippen LogP contribution >= 0.6 is 0 Å². The molecule has 0 aliphatic heterocycles. The maximum Gasteiger partial charge on any atom is 0.229 e. The molecule has 27 heavy (non-hydrogen) atoms. The van der Waals surface area contributed by atoms with Crippen LogP contribution in [0.25, 0.3) is 10.9 Å². The summed E-state index contributed by atoms with van der Waals surface area (Å²) in [6, 6.07) is 20.3. The molecule has 0 unspecified atom stereocenters. The number of fused-ring (bicyclic) bond motifs is 1. The van der Waals surface area contributed by atoms with Gasteiger partial charge in [-0.1, -0.05) is 37.3 Å². The molecule has 4 rings (SSSR count). The largest absolute Gasteiger partial charge is 0.338 e. The van der Waals surface area contributed by atoms with Gasteiger partial charge in [0, 0.05) is 29.0 Å². The van der Waals surface area contributed by atoms with E-state index in [2.05, 4.69) is 44.6 Å². The third-order valence-corrected chi connectivity index (χ3v) is 4.37. The van der Waals surface area contributed by atoms with Crippen molar-refractivity contribution in [1.82, 2.24) is 15.0 Å². The molecule has 5 nitrogen and oxygen atoms in total. The monoisotopic (exact) mass is 355 g/mol. The maximum atomic E-state index is 4.61. The van der Waals surface area contributed by atoms with Crippen LogP contribution in [0, 0.1) is 6.92 Å². The molecule has 2 N–H and O–H groups in total. The van der Waals surface area contributed by atoms with Crippen molar-refractivity contribution in [3.05, 3.63) is 78.1 Å². The molecule has 0 amide bonds. The summed E-state index contributed by atoms with van der Waals surface area (Å²) in [7, 11) is 0. The number of nitrogens with zero attached hydrogens (tertiary/aromatic N) is 3. The van der Waals surface area contributed by atoms with Crippen LogP contribution in [0.4, 0.5) is 23.1 Å². The van der Waals surface area contributed by atoms with Gasteiger partial charge in [-0.25, -0.2) is 4.98 Å². The summed E-state index contributed by atoms with van der Waals surface area (Å²) < 4.78 is 0. The van der Waals surface area contributed by atoms with E-state index in [1.54, 1.807) is 6.20 Å². The number of rotatable bonds is 5. The van der Waals surface area contributed by atoms with E-state index >= 15 is 0 Å². The van der Waals surface area contributed by atoms with Crippen LogP contribution in [0.2, 0.25) is 0 Å². The van der Waals surface area contributed by atoms with Gasteiger partial charge in [-0.15, -0.1) is 0 Å². The lowest BCUT2D eigenvalue weighted by Gasteiger charge is -2.11. The standard InChI is InChI=1S/C22H21N5/c1-3-16-9-11-18(12-10-16)25-22-24-15(2)14-20(27-22)26-19-8-4-6-17-7-5-13-23-21(17)19/h4-14H,3H2,1-2H3,(H2,24,25,26,27). The molecule has 0 bridgehead atoms. The van der Waals surface area contributed by atoms with E-state index in [1.807, 2.05) is 55.5 Å². The fourth-order valence-corrected chi connectivity index (χ4v) is 2.98. The molecule has 0 radical (unpaired) electrons. The summed E-state index contributed by atoms with van der Waals surface area (Å²) in [4.78, 5) is 13.6. The van der Waals surface area contributed by atoms with Crippen molar-refractivity contribution in [3.63, 3.8) is 0 Å². The Labute approximate surface area is 158 Å². The SMILES string of the molecule is CCc1ccc(Nc2nc(C)cc(Nc3cccc4cccnc34)n2)cc1. The van der Waals surface area contributed by atoms with E-state index in [0.29, 0.717) is 5.95 Å². The van der Waals surface area contributed by atoms with Crippen LogP contribution in [-0.4, -0.2) is 15.0 Å². The number of aromatic nitrogens is 3. The van der Waals surface area contributed by atoms with Crippen molar-refractivity contribution in [2.45, 2.75) is 20.3 Å². The van der Waals surface area contributed by atoms with Crippen LogP contribution < -0.4 is 10.6 Å². The van der Waals surface area contributed by atoms with Gasteiger partial charge in [-0.05, 0) is 43.2 Å². The van der Waals surface area contributed by atoms with Crippen molar-refractivity contribution in [1.29, 1.82) is 0 Å². The Morgan fingerprint density at radius 2 is 1.70 bits per heavy atom. The molecular weight excluding hydrogens is 334 g/mol. The van der Waals surface area contributed by atoms with Gasteiger partial charge >= 0.3 is 0 Å². The number of nitrogens with one attached hydrogen (secondary N) is 2. The van der Waals surface area contributed by atoms with Gasteiger partial charge in [0.25, 0.3) is 0 Å². The highest BCUT2D eigenvalue weighted by Crippen LogP contribution is 2.25. The van der Waals surface area contributed by atoms with Crippen molar-refractivity contribution >= 4 is 34.0 Å². The molecule has 0 saturated carbocycles. The number of anilines is 4. The van der Waals surface area contributed by atoms with Gasteiger partial charge < -0.3 is 10.6 Å². The second-order valence-corrected chi connectivity index (χ2v) is 6.40. The van der Waals surface area contributed by atoms with Crippen LogP contribution in [0.3, 0.4) is 0 Å². The van der Waals surface area contributed by atoms with E-state index in [4.69, 9.17) is 0 Å². The Morgan fingerprint density at radius 1 is 0.889 bits per heavy atom. The average molecular weight is 355 g/mol. The first kappa shape index (κ1) is 17.0. The van der Waals surface area contributed by atoms with Crippen molar-refractivity contribution in [2.24, 2.45) is 0 Å². The Bertz CT molecular complexity index is 1070. The minimum absolute atomic E-state index is 0.565. The van der Waals surface area contributed by atoms with Crippen molar-refractivity contribution in [2.75, 3.05) is 10.6 Å². The van der Waals surface area contributed by atoms with Gasteiger partial charge in [0.2, 0.25) is 5.95 Å². The van der Waals surface area contributed by atoms with E-state index in [9.17, 15) is 0 Å². The lowest BCUT2D eigenvalue weighted by molar-refractivity contribution is 1.10. The van der Waals surface area contributed by atoms with Crippen LogP contribution in [0.5, 0.6) is 0 Å². The van der Waals surface area contributed by atoms with E-state index < -0.39 is 0 Å². The fraction of sp³-hybridized carbons (Fsp3) is 0.136. The summed E-state index contributed by atoms with van der Waals surface area (Å²) in [5, 5.41) is 7.75. The third-order valence-electron chi connectivity index (χ3n) is 4.37. The number of hydrogen-bond acceptors (Lipinski definition) is 5. The zero-order valence-electron chi connectivity index (χ0n) is 15.4. The number of pyridine rings is 1. The first-order valence-corrected chi connectivity index (χ1v) is 9.03. The highest BCUT2D eigenvalue weighted by Gasteiger charge is 2.06. The van der Waals surface area contributed by atoms with Gasteiger partial charge in [0.05, 0.1) is 11.2 Å². The lowest BCUT2D eigenvalue weighted by Crippen LogP contribution is -2.03. The molecule has 4 aromatic rings. The molecule has 0 aliphatic rings. The highest BCUT2D eigenvalue weighted by molar-refractivity contribution is 5.91. The average Bonchev–Trinajstić information content (AvgIpc) is 2.68. The second-order valence-electron chi connectivity index (χ2n) is 6.40. The minimum atomic E-state index is 0.565. The zero-order valence-corrected chi connectivity index (χ0v) is 15.4. The summed E-state index contributed by atoms with van der Waals surface area (Å²) in [6.45, 7) is 4.10. The molecule has 2 heterocycles. The molecule has 2 aromatic carbocycles. The summed E-state index contributed by atoms with van der Waals surface area (Å²) in [6.07, 6.45) is 2.82. The molecular formula is C22H21N5. The quantitative estimate of drug-likeness (QED) is 0.503. The second kappa shape index (κ2) is 7.41. The van der Waals surface area contributed by atoms with Gasteiger partial charge in [-0.2, -0.15) is 4.98 Å². The van der Waals surface area contributed by atoms with Gasteiger partial charge in [-0.3, -0.25) is 4.98 Å². The number of para-hydroxylation sites is 1. The topological polar surface area (TPSA) is 62.7 Å². The van der Waals surface area contributed by atoms with Crippen molar-refractivity contribution < 1.29 is 0 Å². The summed E-state index contributed by atoms with van der Waals surface area (Å²) in [5.74, 6) is 1.29. The number of benzene rings is 2. The highest BCUT2D eigenvalue weighted by atomic mass is 15.1. The Hall–Kier alpha value is -3.47. The van der Waals surface area contributed by atoms with E-state index in [-0.39, 0.29) is 0 Å². The predicted molar refractivity (Wildman–Crippen MR) is 111 cm³/mol. The van der Waals surface area contributed by atoms with Crippen LogP contribution in [-0.2, 0) is 6.42 Å². The third kappa shape index (κ3) is 3.87. The summed E-state index contributed by atoms with van der Waals surface area (Å²) in [5.41, 5.74) is 4.99. The smallest absolute Gasteiger partial charge is 0.229 e. The minimum Gasteiger partial charge on any atom is -0.338 e. The molecule has 0 saturated heterocycles. The molecule has 0 fully saturated rings. The molecule has 2 aromatic heterocycles. The lowest BCUT2D eigenvalue weighted by atomic mass is 10.1. The Kier molecular flexibility index (Phi) is 4.66. The van der Waals surface area contributed by atoms with Crippen LogP contribution in [0.1, 0.15) is 18.2 Å². The van der Waals surface area contributed by atoms with E-state index in [0.717, 1.165) is 40.2 Å². The first-order valence-electron chi connectivity index (χ1n) is 9.03. The normalized spacial score (nSPS) is 10.7. The van der Waals surface area contributed by atoms with Gasteiger partial charge in [0.15, 0.2) is 0 Å². The molecule has 134 valence electrons. The zero-order chi connectivity index (χ0) is 18.6. The fourth-order valence-electron chi connectivity index (χ4n) is 2.98. The van der Waals surface area contributed by atoms with E-state index in [1.165, 1.54) is 5.56 Å². The molecule has 0 spiro atoms. The molecule has 0 aliphatic carbocycles. The van der Waals surface area contributed by atoms with Crippen LogP contribution in [0.15, 0.2) is 66.9 Å². The maximum absolute atomic E-state index is 4.61. The van der Waals surface area contributed by atoms with Crippen molar-refractivity contribution in [3.8, 4) is 0 Å². The molecule has 0 atom stereocenters. The Morgan fingerprint density at radius 3 is 2.52 bits per heavy atom. The molecule has 5 heteroatoms. The summed E-state index contributed by atoms with van der Waals surface area (Å²) >= 11 is 0. The van der Waals surface area contributed by atoms with Gasteiger partial charge in [0.1, 0.15) is 5.82 Å². The number of aryl methyl sites for hydroxylation is 2. The Balaban J connectivity index is 1.61. The first-order chi connectivity index (χ1) is 13.2.